The molecule has 9 nitrogen and oxygen atoms in total. The third kappa shape index (κ3) is 6.72. The van der Waals surface area contributed by atoms with Crippen LogP contribution in [0.15, 0.2) is 96.4 Å². The lowest BCUT2D eigenvalue weighted by atomic mass is 10.0. The van der Waals surface area contributed by atoms with Crippen molar-refractivity contribution in [2.24, 2.45) is 0 Å². The summed E-state index contributed by atoms with van der Waals surface area (Å²) in [6.07, 6.45) is 3.87. The number of ether oxygens (including phenoxy) is 2. The maximum atomic E-state index is 12.7. The molecule has 3 N–H and O–H groups in total. The predicted molar refractivity (Wildman–Crippen MR) is 149 cm³/mol. The molecule has 2 aromatic carbocycles. The highest BCUT2D eigenvalue weighted by molar-refractivity contribution is 7.99. The van der Waals surface area contributed by atoms with E-state index in [0.29, 0.717) is 28.5 Å². The predicted octanol–water partition coefficient (Wildman–Crippen LogP) is 5.26. The molecule has 0 spiro atoms. The van der Waals surface area contributed by atoms with Gasteiger partial charge in [-0.15, -0.1) is 11.8 Å². The number of carboxylic acids is 1. The normalized spacial score (nSPS) is 18.7. The Bertz CT molecular complexity index is 1470. The van der Waals surface area contributed by atoms with E-state index in [9.17, 15) is 19.8 Å². The fourth-order valence-electron chi connectivity index (χ4n) is 4.33. The van der Waals surface area contributed by atoms with Gasteiger partial charge in [0.15, 0.2) is 6.29 Å². The van der Waals surface area contributed by atoms with Crippen LogP contribution in [0.3, 0.4) is 0 Å². The second-order valence-electron chi connectivity index (χ2n) is 9.14. The Kier molecular flexibility index (Phi) is 8.82. The Morgan fingerprint density at radius 3 is 2.55 bits per heavy atom. The number of carbonyl (C=O) groups is 2. The lowest BCUT2D eigenvalue weighted by molar-refractivity contribution is -0.245. The van der Waals surface area contributed by atoms with Crippen molar-refractivity contribution in [3.63, 3.8) is 0 Å². The molecule has 3 atom stereocenters. The van der Waals surface area contributed by atoms with Crippen molar-refractivity contribution in [3.8, 4) is 0 Å². The second-order valence-corrected chi connectivity index (χ2v) is 10.2. The van der Waals surface area contributed by atoms with Crippen LogP contribution >= 0.6 is 11.8 Å². The van der Waals surface area contributed by atoms with Gasteiger partial charge in [-0.05, 0) is 47.5 Å². The van der Waals surface area contributed by atoms with Crippen LogP contribution in [0.2, 0.25) is 0 Å². The maximum absolute atomic E-state index is 12.7. The van der Waals surface area contributed by atoms with Crippen LogP contribution in [0.1, 0.15) is 56.2 Å². The number of thioether (sulfide) groups is 1. The van der Waals surface area contributed by atoms with Gasteiger partial charge in [0.25, 0.3) is 5.91 Å². The van der Waals surface area contributed by atoms with Crippen LogP contribution in [0.5, 0.6) is 0 Å². The van der Waals surface area contributed by atoms with Crippen LogP contribution in [0.25, 0.3) is 0 Å². The van der Waals surface area contributed by atoms with Crippen molar-refractivity contribution in [2.45, 2.75) is 36.6 Å². The first-order valence-corrected chi connectivity index (χ1v) is 13.6. The maximum Gasteiger partial charge on any atom is 0.338 e. The average molecular weight is 558 g/mol. The van der Waals surface area contributed by atoms with Crippen molar-refractivity contribution < 1.29 is 29.3 Å². The zero-order valence-electron chi connectivity index (χ0n) is 21.3. The van der Waals surface area contributed by atoms with Crippen molar-refractivity contribution >= 4 is 29.3 Å². The number of aliphatic hydroxyl groups is 1. The molecule has 0 bridgehead atoms. The quantitative estimate of drug-likeness (QED) is 0.236. The number of hydrogen-bond donors (Lipinski definition) is 3. The zero-order valence-corrected chi connectivity index (χ0v) is 22.2. The number of nitrogens with one attached hydrogen (secondary N) is 1. The third-order valence-electron chi connectivity index (χ3n) is 6.36. The van der Waals surface area contributed by atoms with E-state index < -0.39 is 12.3 Å². The number of benzene rings is 2. The Morgan fingerprint density at radius 2 is 1.80 bits per heavy atom. The van der Waals surface area contributed by atoms with Gasteiger partial charge in [0, 0.05) is 42.0 Å². The van der Waals surface area contributed by atoms with Crippen molar-refractivity contribution in [1.29, 1.82) is 0 Å². The van der Waals surface area contributed by atoms with Crippen molar-refractivity contribution in [3.05, 3.63) is 119 Å². The molecule has 1 aliphatic rings. The topological polar surface area (TPSA) is 131 Å². The van der Waals surface area contributed by atoms with Crippen molar-refractivity contribution in [2.75, 3.05) is 11.1 Å². The first-order valence-electron chi connectivity index (χ1n) is 12.6. The van der Waals surface area contributed by atoms with E-state index in [0.717, 1.165) is 16.7 Å². The molecule has 3 heterocycles. The van der Waals surface area contributed by atoms with E-state index in [4.69, 9.17) is 9.47 Å². The van der Waals surface area contributed by atoms with Crippen LogP contribution in [-0.2, 0) is 16.1 Å². The number of hydrogen-bond acceptors (Lipinski definition) is 8. The molecule has 3 unspecified atom stereocenters. The first kappa shape index (κ1) is 27.5. The van der Waals surface area contributed by atoms with Crippen molar-refractivity contribution in [1.82, 2.24) is 9.97 Å². The van der Waals surface area contributed by atoms with E-state index in [-0.39, 0.29) is 30.3 Å². The zero-order chi connectivity index (χ0) is 27.9. The van der Waals surface area contributed by atoms with Crippen LogP contribution in [0.4, 0.5) is 5.69 Å². The van der Waals surface area contributed by atoms with Crippen LogP contribution < -0.4 is 5.32 Å². The minimum absolute atomic E-state index is 0.0512. The molecule has 1 aliphatic heterocycles. The SMILES string of the molecule is O=C(Nc1cccc(C2OC(CSc3ncccc3C(=O)O)CC(c3ccc(CO)cc3)O2)c1)c1cccnc1. The molecule has 1 saturated heterocycles. The molecule has 5 rings (SSSR count). The molecule has 10 heteroatoms. The van der Waals surface area contributed by atoms with E-state index in [2.05, 4.69) is 15.3 Å². The Morgan fingerprint density at radius 1 is 0.975 bits per heavy atom. The van der Waals surface area contributed by atoms with E-state index in [1.165, 1.54) is 24.0 Å². The van der Waals surface area contributed by atoms with Gasteiger partial charge >= 0.3 is 5.97 Å². The van der Waals surface area contributed by atoms with Crippen LogP contribution in [-0.4, -0.2) is 43.9 Å². The Labute approximate surface area is 235 Å². The molecular weight excluding hydrogens is 530 g/mol. The van der Waals surface area contributed by atoms with E-state index in [1.54, 1.807) is 36.7 Å². The third-order valence-corrected chi connectivity index (χ3v) is 7.50. The minimum Gasteiger partial charge on any atom is -0.478 e. The highest BCUT2D eigenvalue weighted by Gasteiger charge is 2.33. The monoisotopic (exact) mass is 557 g/mol. The number of carbonyl (C=O) groups excluding carboxylic acids is 1. The molecule has 0 radical (unpaired) electrons. The fourth-order valence-corrected chi connectivity index (χ4v) is 5.33. The second kappa shape index (κ2) is 12.8. The van der Waals surface area contributed by atoms with E-state index >= 15 is 0 Å². The summed E-state index contributed by atoms with van der Waals surface area (Å²) >= 11 is 1.32. The van der Waals surface area contributed by atoms with Gasteiger partial charge in [-0.3, -0.25) is 9.78 Å². The van der Waals surface area contributed by atoms with Gasteiger partial charge in [-0.25, -0.2) is 9.78 Å². The molecular formula is C30H27N3O6S. The number of aliphatic hydroxyl groups excluding tert-OH is 1. The number of rotatable bonds is 9. The van der Waals surface area contributed by atoms with Gasteiger partial charge in [-0.2, -0.15) is 0 Å². The van der Waals surface area contributed by atoms with Gasteiger partial charge in [-0.1, -0.05) is 36.4 Å². The van der Waals surface area contributed by atoms with Gasteiger partial charge in [0.1, 0.15) is 5.03 Å². The number of carboxylic acid groups (broad SMARTS) is 1. The summed E-state index contributed by atoms with van der Waals surface area (Å²) in [7, 11) is 0. The van der Waals surface area contributed by atoms with Crippen LogP contribution in [0, 0.1) is 0 Å². The smallest absolute Gasteiger partial charge is 0.338 e. The van der Waals surface area contributed by atoms with Gasteiger partial charge < -0.3 is 25.0 Å². The number of aromatic nitrogens is 2. The number of amides is 1. The molecule has 0 aliphatic carbocycles. The highest BCUT2D eigenvalue weighted by Crippen LogP contribution is 2.40. The number of pyridine rings is 2. The molecule has 40 heavy (non-hydrogen) atoms. The molecule has 1 fully saturated rings. The lowest BCUT2D eigenvalue weighted by Gasteiger charge is -2.36. The average Bonchev–Trinajstić information content (AvgIpc) is 3.00. The summed E-state index contributed by atoms with van der Waals surface area (Å²) in [6, 6.07) is 21.4. The van der Waals surface area contributed by atoms with Gasteiger partial charge in [0.2, 0.25) is 0 Å². The summed E-state index contributed by atoms with van der Waals surface area (Å²) < 4.78 is 12.7. The highest BCUT2D eigenvalue weighted by atomic mass is 32.2. The van der Waals surface area contributed by atoms with Gasteiger partial charge in [0.05, 0.1) is 29.9 Å². The summed E-state index contributed by atoms with van der Waals surface area (Å²) in [4.78, 5) is 32.5. The van der Waals surface area contributed by atoms with E-state index in [1.807, 2.05) is 42.5 Å². The summed E-state index contributed by atoms with van der Waals surface area (Å²) in [5, 5.41) is 22.3. The Hall–Kier alpha value is -4.09. The largest absolute Gasteiger partial charge is 0.478 e. The standard InChI is InChI=1S/C30H27N3O6S/c34-17-19-8-10-20(11-9-19)26-15-24(18-40-28-25(29(36)37)7-3-13-32-28)38-30(39-26)21-4-1-6-23(14-21)33-27(35)22-5-2-12-31-16-22/h1-14,16,24,26,30,34H,15,17-18H2,(H,33,35)(H,36,37). The number of nitrogens with zero attached hydrogens (tertiary/aromatic N) is 2. The minimum atomic E-state index is -1.03. The molecule has 2 aromatic heterocycles. The Balaban J connectivity index is 1.37. The fraction of sp³-hybridized carbons (Fsp3) is 0.200. The molecule has 0 saturated carbocycles. The molecule has 204 valence electrons. The molecule has 4 aromatic rings. The number of anilines is 1. The number of aromatic carboxylic acids is 1. The summed E-state index contributed by atoms with van der Waals surface area (Å²) in [6.45, 7) is -0.0512. The summed E-state index contributed by atoms with van der Waals surface area (Å²) in [5.74, 6) is -0.857. The molecule has 1 amide bonds. The summed E-state index contributed by atoms with van der Waals surface area (Å²) in [5.41, 5.74) is 3.62. The lowest BCUT2D eigenvalue weighted by Crippen LogP contribution is -2.31. The first-order chi connectivity index (χ1) is 19.5.